The summed E-state index contributed by atoms with van der Waals surface area (Å²) < 4.78 is 7.87. The topological polar surface area (TPSA) is 82.5 Å². The number of aromatic nitrogens is 6. The molecule has 2 fully saturated rings. The number of hydrogen-bond donors (Lipinski definition) is 0. The van der Waals surface area contributed by atoms with Gasteiger partial charge >= 0.3 is 0 Å². The van der Waals surface area contributed by atoms with Crippen molar-refractivity contribution in [3.8, 4) is 22.8 Å². The molecule has 0 radical (unpaired) electrons. The predicted octanol–water partition coefficient (Wildman–Crippen LogP) is 4.65. The summed E-state index contributed by atoms with van der Waals surface area (Å²) in [6.45, 7) is 0. The van der Waals surface area contributed by atoms with Gasteiger partial charge in [0.25, 0.3) is 0 Å². The second kappa shape index (κ2) is 6.49. The first-order chi connectivity index (χ1) is 14.3. The van der Waals surface area contributed by atoms with Gasteiger partial charge in [-0.1, -0.05) is 28.9 Å². The lowest BCUT2D eigenvalue weighted by atomic mass is 10.2. The Morgan fingerprint density at radius 2 is 1.86 bits per heavy atom. The lowest BCUT2D eigenvalue weighted by molar-refractivity contribution is 0.378. The molecule has 0 aliphatic heterocycles. The Morgan fingerprint density at radius 3 is 2.66 bits per heavy atom. The minimum Gasteiger partial charge on any atom is -0.339 e. The molecule has 8 heteroatoms. The highest BCUT2D eigenvalue weighted by Gasteiger charge is 2.48. The largest absolute Gasteiger partial charge is 0.339 e. The number of benzene rings is 1. The molecule has 0 saturated heterocycles. The summed E-state index contributed by atoms with van der Waals surface area (Å²) in [5, 5.41) is 13.9. The SMILES string of the molecule is Clc1cccc(-c2noc(C3CC3c3nnc(-c4ccncc4)n3C3CC3)n2)c1. The summed E-state index contributed by atoms with van der Waals surface area (Å²) in [4.78, 5) is 8.72. The van der Waals surface area contributed by atoms with Gasteiger partial charge in [0, 0.05) is 46.4 Å². The van der Waals surface area contributed by atoms with Crippen molar-refractivity contribution < 1.29 is 4.52 Å². The molecular weight excluding hydrogens is 388 g/mol. The fourth-order valence-corrected chi connectivity index (χ4v) is 4.02. The predicted molar refractivity (Wildman–Crippen MR) is 106 cm³/mol. The molecule has 2 atom stereocenters. The van der Waals surface area contributed by atoms with Crippen LogP contribution in [0.3, 0.4) is 0 Å². The van der Waals surface area contributed by atoms with Crippen LogP contribution in [0.1, 0.15) is 48.9 Å². The van der Waals surface area contributed by atoms with Crippen molar-refractivity contribution in [3.05, 3.63) is 65.5 Å². The molecule has 4 aromatic rings. The number of pyridine rings is 1. The van der Waals surface area contributed by atoms with Gasteiger partial charge in [0.05, 0.1) is 0 Å². The molecule has 6 rings (SSSR count). The number of halogens is 1. The summed E-state index contributed by atoms with van der Waals surface area (Å²) in [5.74, 6) is 3.59. The second-order valence-corrected chi connectivity index (χ2v) is 8.07. The maximum atomic E-state index is 6.08. The molecule has 2 saturated carbocycles. The highest BCUT2D eigenvalue weighted by atomic mass is 35.5. The summed E-state index contributed by atoms with van der Waals surface area (Å²) in [7, 11) is 0. The first kappa shape index (κ1) is 16.9. The highest BCUT2D eigenvalue weighted by molar-refractivity contribution is 6.30. The van der Waals surface area contributed by atoms with Crippen LogP contribution in [-0.4, -0.2) is 29.9 Å². The van der Waals surface area contributed by atoms with Gasteiger partial charge in [-0.3, -0.25) is 4.98 Å². The van der Waals surface area contributed by atoms with Crippen molar-refractivity contribution in [2.75, 3.05) is 0 Å². The Hall–Kier alpha value is -3.06. The fourth-order valence-electron chi connectivity index (χ4n) is 3.83. The Bertz CT molecular complexity index is 1180. The van der Waals surface area contributed by atoms with Crippen LogP contribution >= 0.6 is 11.6 Å². The van der Waals surface area contributed by atoms with Crippen molar-refractivity contribution in [1.82, 2.24) is 29.9 Å². The maximum Gasteiger partial charge on any atom is 0.230 e. The van der Waals surface area contributed by atoms with Gasteiger partial charge in [-0.05, 0) is 43.5 Å². The second-order valence-electron chi connectivity index (χ2n) is 7.63. The summed E-state index contributed by atoms with van der Waals surface area (Å²) in [6.07, 6.45) is 6.85. The molecule has 144 valence electrons. The van der Waals surface area contributed by atoms with Gasteiger partial charge < -0.3 is 9.09 Å². The Balaban J connectivity index is 1.29. The Morgan fingerprint density at radius 1 is 1.00 bits per heavy atom. The third-order valence-electron chi connectivity index (χ3n) is 5.54. The van der Waals surface area contributed by atoms with Gasteiger partial charge in [-0.2, -0.15) is 4.98 Å². The van der Waals surface area contributed by atoms with Crippen LogP contribution in [0.25, 0.3) is 22.8 Å². The van der Waals surface area contributed by atoms with Crippen LogP contribution in [0.15, 0.2) is 53.3 Å². The molecule has 0 bridgehead atoms. The normalized spacial score (nSPS) is 20.7. The molecule has 3 heterocycles. The van der Waals surface area contributed by atoms with E-state index in [1.807, 2.05) is 36.4 Å². The zero-order chi connectivity index (χ0) is 19.4. The minimum atomic E-state index is 0.183. The van der Waals surface area contributed by atoms with E-state index < -0.39 is 0 Å². The Labute approximate surface area is 171 Å². The molecule has 2 aliphatic carbocycles. The highest BCUT2D eigenvalue weighted by Crippen LogP contribution is 2.55. The van der Waals surface area contributed by atoms with Crippen LogP contribution in [0.4, 0.5) is 0 Å². The Kier molecular flexibility index (Phi) is 3.77. The standard InChI is InChI=1S/C21H17ClN6O/c22-14-3-1-2-13(10-14)18-24-21(29-27-18)17-11-16(17)20-26-25-19(28(20)15-4-5-15)12-6-8-23-9-7-12/h1-3,6-10,15-17H,4-5,11H2. The first-order valence-corrected chi connectivity index (χ1v) is 10.1. The molecule has 1 aromatic carbocycles. The van der Waals surface area contributed by atoms with E-state index >= 15 is 0 Å². The van der Waals surface area contributed by atoms with E-state index in [2.05, 4.69) is 29.9 Å². The average Bonchev–Trinajstić information content (AvgIpc) is 3.66. The van der Waals surface area contributed by atoms with Gasteiger partial charge in [-0.25, -0.2) is 0 Å². The van der Waals surface area contributed by atoms with E-state index in [1.165, 1.54) is 12.8 Å². The average molecular weight is 405 g/mol. The molecule has 29 heavy (non-hydrogen) atoms. The van der Waals surface area contributed by atoms with Crippen molar-refractivity contribution >= 4 is 11.6 Å². The number of nitrogens with zero attached hydrogens (tertiary/aromatic N) is 6. The molecule has 0 spiro atoms. The minimum absolute atomic E-state index is 0.183. The van der Waals surface area contributed by atoms with Gasteiger partial charge in [0.1, 0.15) is 5.82 Å². The number of hydrogen-bond acceptors (Lipinski definition) is 6. The molecule has 0 amide bonds. The third-order valence-corrected chi connectivity index (χ3v) is 5.77. The van der Waals surface area contributed by atoms with Gasteiger partial charge in [-0.15, -0.1) is 10.2 Å². The van der Waals surface area contributed by atoms with Crippen LogP contribution < -0.4 is 0 Å². The van der Waals surface area contributed by atoms with E-state index in [4.69, 9.17) is 16.1 Å². The molecular formula is C21H17ClN6O. The first-order valence-electron chi connectivity index (χ1n) is 9.72. The van der Waals surface area contributed by atoms with E-state index in [0.29, 0.717) is 22.8 Å². The van der Waals surface area contributed by atoms with Crippen molar-refractivity contribution in [3.63, 3.8) is 0 Å². The summed E-state index contributed by atoms with van der Waals surface area (Å²) >= 11 is 6.08. The van der Waals surface area contributed by atoms with E-state index in [-0.39, 0.29) is 11.8 Å². The van der Waals surface area contributed by atoms with Gasteiger partial charge in [0.15, 0.2) is 5.82 Å². The summed E-state index contributed by atoms with van der Waals surface area (Å²) in [6, 6.07) is 11.9. The van der Waals surface area contributed by atoms with Crippen molar-refractivity contribution in [2.45, 2.75) is 37.1 Å². The quantitative estimate of drug-likeness (QED) is 0.481. The number of rotatable bonds is 5. The molecule has 7 nitrogen and oxygen atoms in total. The molecule has 2 unspecified atom stereocenters. The van der Waals surface area contributed by atoms with Crippen molar-refractivity contribution in [1.29, 1.82) is 0 Å². The lowest BCUT2D eigenvalue weighted by Gasteiger charge is -2.08. The maximum absolute atomic E-state index is 6.08. The van der Waals surface area contributed by atoms with Crippen LogP contribution in [-0.2, 0) is 0 Å². The van der Waals surface area contributed by atoms with Crippen LogP contribution in [0.2, 0.25) is 5.02 Å². The van der Waals surface area contributed by atoms with E-state index in [1.54, 1.807) is 12.4 Å². The fraction of sp³-hybridized carbons (Fsp3) is 0.286. The summed E-state index contributed by atoms with van der Waals surface area (Å²) in [5.41, 5.74) is 1.90. The zero-order valence-electron chi connectivity index (χ0n) is 15.4. The third kappa shape index (κ3) is 3.02. The molecule has 2 aliphatic rings. The van der Waals surface area contributed by atoms with Gasteiger partial charge in [0.2, 0.25) is 11.7 Å². The monoisotopic (exact) mass is 404 g/mol. The molecule has 0 N–H and O–H groups in total. The van der Waals surface area contributed by atoms with E-state index in [9.17, 15) is 0 Å². The molecule has 3 aromatic heterocycles. The van der Waals surface area contributed by atoms with E-state index in [0.717, 1.165) is 29.2 Å². The van der Waals surface area contributed by atoms with Crippen molar-refractivity contribution in [2.24, 2.45) is 0 Å². The van der Waals surface area contributed by atoms with Crippen LogP contribution in [0.5, 0.6) is 0 Å². The van der Waals surface area contributed by atoms with Crippen LogP contribution in [0, 0.1) is 0 Å². The smallest absolute Gasteiger partial charge is 0.230 e. The lowest BCUT2D eigenvalue weighted by Crippen LogP contribution is -2.03. The zero-order valence-corrected chi connectivity index (χ0v) is 16.2.